The lowest BCUT2D eigenvalue weighted by Crippen LogP contribution is -2.32. The van der Waals surface area contributed by atoms with Crippen molar-refractivity contribution in [2.75, 3.05) is 34.8 Å². The Bertz CT molecular complexity index is 1080. The van der Waals surface area contributed by atoms with Gasteiger partial charge in [-0.05, 0) is 67.8 Å². The van der Waals surface area contributed by atoms with Crippen molar-refractivity contribution in [1.82, 2.24) is 9.97 Å². The van der Waals surface area contributed by atoms with Crippen LogP contribution in [0.2, 0.25) is 0 Å². The minimum Gasteiger partial charge on any atom is -0.465 e. The van der Waals surface area contributed by atoms with E-state index in [9.17, 15) is 14.7 Å². The Hall–Kier alpha value is -3.94. The number of carbonyl (C=O) groups excluding carboxylic acids is 1. The first-order valence-electron chi connectivity index (χ1n) is 11.1. The summed E-state index contributed by atoms with van der Waals surface area (Å²) in [6.45, 7) is 2.08. The molecular formula is C25H27N5O3. The highest BCUT2D eigenvalue weighted by molar-refractivity contribution is 6.07. The molecule has 1 fully saturated rings. The summed E-state index contributed by atoms with van der Waals surface area (Å²) in [5, 5.41) is 12.6. The lowest BCUT2D eigenvalue weighted by Gasteiger charge is -2.29. The van der Waals surface area contributed by atoms with E-state index in [1.807, 2.05) is 18.2 Å². The fourth-order valence-corrected chi connectivity index (χ4v) is 3.96. The molecule has 8 heteroatoms. The summed E-state index contributed by atoms with van der Waals surface area (Å²) in [5.74, 6) is 0.472. The van der Waals surface area contributed by atoms with E-state index < -0.39 is 6.09 Å². The second kappa shape index (κ2) is 10.6. The Morgan fingerprint density at radius 1 is 0.939 bits per heavy atom. The van der Waals surface area contributed by atoms with Gasteiger partial charge in [-0.1, -0.05) is 6.07 Å². The second-order valence-electron chi connectivity index (χ2n) is 7.93. The molecule has 33 heavy (non-hydrogen) atoms. The molecule has 0 saturated carbocycles. The van der Waals surface area contributed by atoms with E-state index >= 15 is 0 Å². The number of nitrogens with one attached hydrogen (secondary N) is 1. The number of aromatic nitrogens is 2. The van der Waals surface area contributed by atoms with E-state index in [1.165, 1.54) is 11.3 Å². The molecular weight excluding hydrogens is 418 g/mol. The molecule has 8 nitrogen and oxygen atoms in total. The van der Waals surface area contributed by atoms with Gasteiger partial charge in [0, 0.05) is 55.5 Å². The highest BCUT2D eigenvalue weighted by Crippen LogP contribution is 2.24. The summed E-state index contributed by atoms with van der Waals surface area (Å²) >= 11 is 0. The molecule has 0 radical (unpaired) electrons. The average Bonchev–Trinajstić information content (AvgIpc) is 2.86. The average molecular weight is 446 g/mol. The number of carboxylic acid groups (broad SMARTS) is 1. The zero-order chi connectivity index (χ0) is 23.0. The Labute approximate surface area is 192 Å². The van der Waals surface area contributed by atoms with Crippen molar-refractivity contribution in [2.45, 2.75) is 25.7 Å². The van der Waals surface area contributed by atoms with Gasteiger partial charge in [0.25, 0.3) is 5.91 Å². The smallest absolute Gasteiger partial charge is 0.411 e. The fraction of sp³-hybridized carbons (Fsp3) is 0.280. The van der Waals surface area contributed by atoms with Gasteiger partial charge in [0.05, 0.1) is 5.56 Å². The maximum Gasteiger partial charge on any atom is 0.411 e. The number of benzene rings is 1. The van der Waals surface area contributed by atoms with Gasteiger partial charge in [-0.2, -0.15) is 0 Å². The van der Waals surface area contributed by atoms with Crippen LogP contribution in [0.4, 0.5) is 22.0 Å². The van der Waals surface area contributed by atoms with Crippen LogP contribution in [0.15, 0.2) is 67.0 Å². The molecule has 1 aliphatic rings. The first kappa shape index (κ1) is 22.3. The van der Waals surface area contributed by atoms with Crippen LogP contribution in [0.5, 0.6) is 0 Å². The summed E-state index contributed by atoms with van der Waals surface area (Å²) in [6.07, 6.45) is 6.26. The topological polar surface area (TPSA) is 98.7 Å². The number of hydrogen-bond donors (Lipinski definition) is 2. The third kappa shape index (κ3) is 5.65. The minimum atomic E-state index is -1.04. The number of carbonyl (C=O) groups is 2. The third-order valence-corrected chi connectivity index (χ3v) is 5.67. The van der Waals surface area contributed by atoms with Crippen molar-refractivity contribution in [3.05, 3.63) is 78.2 Å². The molecule has 1 saturated heterocycles. The Kier molecular flexibility index (Phi) is 7.14. The van der Waals surface area contributed by atoms with Gasteiger partial charge in [-0.25, -0.2) is 9.78 Å². The number of anilines is 3. The molecule has 0 bridgehead atoms. The third-order valence-electron chi connectivity index (χ3n) is 5.67. The number of hydrogen-bond acceptors (Lipinski definition) is 5. The van der Waals surface area contributed by atoms with Crippen molar-refractivity contribution in [3.8, 4) is 0 Å². The molecule has 1 aliphatic heterocycles. The first-order valence-corrected chi connectivity index (χ1v) is 11.1. The largest absolute Gasteiger partial charge is 0.465 e. The molecule has 2 N–H and O–H groups in total. The lowest BCUT2D eigenvalue weighted by atomic mass is 10.1. The van der Waals surface area contributed by atoms with Crippen LogP contribution in [-0.2, 0) is 6.42 Å². The zero-order valence-corrected chi connectivity index (χ0v) is 18.4. The number of nitrogens with zero attached hydrogens (tertiary/aromatic N) is 4. The van der Waals surface area contributed by atoms with Crippen LogP contribution < -0.4 is 15.1 Å². The predicted molar refractivity (Wildman–Crippen MR) is 128 cm³/mol. The van der Waals surface area contributed by atoms with Crippen LogP contribution in [0.3, 0.4) is 0 Å². The number of piperidine rings is 1. The van der Waals surface area contributed by atoms with E-state index in [4.69, 9.17) is 0 Å². The molecule has 0 spiro atoms. The van der Waals surface area contributed by atoms with E-state index in [2.05, 4.69) is 20.2 Å². The molecule has 1 aromatic carbocycles. The Morgan fingerprint density at radius 3 is 2.39 bits per heavy atom. The predicted octanol–water partition coefficient (Wildman–Crippen LogP) is 4.45. The second-order valence-corrected chi connectivity index (χ2v) is 7.93. The molecule has 170 valence electrons. The fourth-order valence-electron chi connectivity index (χ4n) is 3.96. The van der Waals surface area contributed by atoms with Crippen LogP contribution in [0, 0.1) is 0 Å². The standard InChI is InChI=1S/C25H27N5O3/c31-24(22-8-6-15-27-23(22)29-16-4-1-5-17-29)28-20-9-11-21(12-10-20)30(25(32)33)18-13-19-7-2-3-14-26-19/h2-3,6-12,14-15H,1,4-5,13,16-18H2,(H,28,31)(H,32,33). The van der Waals surface area contributed by atoms with Gasteiger partial charge in [-0.15, -0.1) is 0 Å². The molecule has 0 aliphatic carbocycles. The molecule has 2 amide bonds. The Morgan fingerprint density at radius 2 is 1.70 bits per heavy atom. The highest BCUT2D eigenvalue weighted by Gasteiger charge is 2.20. The highest BCUT2D eigenvalue weighted by atomic mass is 16.4. The van der Waals surface area contributed by atoms with Crippen LogP contribution in [0.25, 0.3) is 0 Å². The zero-order valence-electron chi connectivity index (χ0n) is 18.4. The van der Waals surface area contributed by atoms with Crippen molar-refractivity contribution in [3.63, 3.8) is 0 Å². The van der Waals surface area contributed by atoms with Gasteiger partial charge in [0.15, 0.2) is 0 Å². The Balaban J connectivity index is 1.44. The maximum absolute atomic E-state index is 13.0. The monoisotopic (exact) mass is 445 g/mol. The van der Waals surface area contributed by atoms with Gasteiger partial charge in [0.1, 0.15) is 5.82 Å². The van der Waals surface area contributed by atoms with Crippen molar-refractivity contribution >= 4 is 29.2 Å². The van der Waals surface area contributed by atoms with Gasteiger partial charge in [-0.3, -0.25) is 14.7 Å². The van der Waals surface area contributed by atoms with E-state index in [0.29, 0.717) is 29.2 Å². The van der Waals surface area contributed by atoms with Crippen LogP contribution in [0.1, 0.15) is 35.3 Å². The van der Waals surface area contributed by atoms with Crippen LogP contribution in [-0.4, -0.2) is 46.7 Å². The van der Waals surface area contributed by atoms with Crippen molar-refractivity contribution in [1.29, 1.82) is 0 Å². The van der Waals surface area contributed by atoms with Gasteiger partial charge >= 0.3 is 6.09 Å². The summed E-state index contributed by atoms with van der Waals surface area (Å²) in [7, 11) is 0. The summed E-state index contributed by atoms with van der Waals surface area (Å²) < 4.78 is 0. The van der Waals surface area contributed by atoms with Crippen LogP contribution >= 0.6 is 0 Å². The molecule has 3 heterocycles. The van der Waals surface area contributed by atoms with E-state index in [0.717, 1.165) is 31.6 Å². The molecule has 0 atom stereocenters. The molecule has 4 rings (SSSR count). The summed E-state index contributed by atoms with van der Waals surface area (Å²) in [6, 6.07) is 15.9. The van der Waals surface area contributed by atoms with Crippen molar-refractivity contribution < 1.29 is 14.7 Å². The van der Waals surface area contributed by atoms with E-state index in [-0.39, 0.29) is 12.5 Å². The minimum absolute atomic E-state index is 0.235. The lowest BCUT2D eigenvalue weighted by molar-refractivity contribution is 0.102. The molecule has 3 aromatic rings. The van der Waals surface area contributed by atoms with Gasteiger partial charge < -0.3 is 15.3 Å². The molecule has 0 unspecified atom stereocenters. The number of pyridine rings is 2. The number of rotatable bonds is 7. The quantitative estimate of drug-likeness (QED) is 0.558. The maximum atomic E-state index is 13.0. The number of amides is 2. The van der Waals surface area contributed by atoms with Gasteiger partial charge in [0.2, 0.25) is 0 Å². The normalized spacial score (nSPS) is 13.4. The van der Waals surface area contributed by atoms with E-state index in [1.54, 1.807) is 48.8 Å². The summed E-state index contributed by atoms with van der Waals surface area (Å²) in [4.78, 5) is 36.9. The SMILES string of the molecule is O=C(Nc1ccc(N(CCc2ccccn2)C(=O)O)cc1)c1cccnc1N1CCCCC1. The first-order chi connectivity index (χ1) is 16.1. The van der Waals surface area contributed by atoms with Crippen molar-refractivity contribution in [2.24, 2.45) is 0 Å². The molecule has 2 aromatic heterocycles. The summed E-state index contributed by atoms with van der Waals surface area (Å²) in [5.41, 5.74) is 2.48.